The molecule has 0 atom stereocenters. The van der Waals surface area contributed by atoms with E-state index < -0.39 is 4.92 Å². The Bertz CT molecular complexity index is 314. The molecule has 0 radical (unpaired) electrons. The van der Waals surface area contributed by atoms with Crippen LogP contribution in [-0.4, -0.2) is 12.0 Å². The maximum atomic E-state index is 10.4. The molecule has 0 saturated heterocycles. The van der Waals surface area contributed by atoms with Gasteiger partial charge in [0.2, 0.25) is 0 Å². The summed E-state index contributed by atoms with van der Waals surface area (Å²) >= 11 is 3.96. The first kappa shape index (κ1) is 8.86. The summed E-state index contributed by atoms with van der Waals surface area (Å²) in [5.74, 6) is 0.410. The number of methoxy groups -OCH3 is 1. The Labute approximate surface area is 74.7 Å². The predicted molar refractivity (Wildman–Crippen MR) is 46.9 cm³/mol. The number of hydrogen-bond acceptors (Lipinski definition) is 4. The Hall–Kier alpha value is -1.23. The second-order valence-corrected chi connectivity index (χ2v) is 2.53. The Balaban J connectivity index is 3.23. The fraction of sp³-hybridized carbons (Fsp3) is 0.143. The molecule has 0 N–H and O–H groups in total. The van der Waals surface area contributed by atoms with Gasteiger partial charge in [-0.05, 0) is 6.07 Å². The molecule has 12 heavy (non-hydrogen) atoms. The van der Waals surface area contributed by atoms with E-state index in [2.05, 4.69) is 12.6 Å². The average Bonchev–Trinajstić information content (AvgIpc) is 2.04. The van der Waals surface area contributed by atoms with Crippen LogP contribution in [0.3, 0.4) is 0 Å². The lowest BCUT2D eigenvalue weighted by Gasteiger charge is -2.02. The molecule has 0 heterocycles. The van der Waals surface area contributed by atoms with Gasteiger partial charge in [0.25, 0.3) is 5.69 Å². The van der Waals surface area contributed by atoms with Crippen LogP contribution in [0.25, 0.3) is 0 Å². The number of nitro benzene ring substituents is 1. The van der Waals surface area contributed by atoms with Gasteiger partial charge in [0.1, 0.15) is 10.6 Å². The van der Waals surface area contributed by atoms with Crippen molar-refractivity contribution in [3.05, 3.63) is 28.3 Å². The minimum absolute atomic E-state index is 0.0438. The summed E-state index contributed by atoms with van der Waals surface area (Å²) in [6.45, 7) is 0. The molecule has 0 fully saturated rings. The molecule has 0 saturated carbocycles. The number of rotatable bonds is 2. The molecule has 0 aliphatic heterocycles. The Morgan fingerprint density at radius 2 is 2.25 bits per heavy atom. The third kappa shape index (κ3) is 1.50. The number of nitro groups is 1. The lowest BCUT2D eigenvalue weighted by Crippen LogP contribution is -1.92. The SMILES string of the molecule is COc1cccc([N+](=O)[O-])c1S. The van der Waals surface area contributed by atoms with Crippen molar-refractivity contribution >= 4 is 18.3 Å². The van der Waals surface area contributed by atoms with Gasteiger partial charge in [0.05, 0.1) is 12.0 Å². The molecule has 0 bridgehead atoms. The van der Waals surface area contributed by atoms with Crippen LogP contribution in [0.5, 0.6) is 5.75 Å². The standard InChI is InChI=1S/C7H7NO3S/c1-11-6-4-2-3-5(7(6)12)8(9)10/h2-4,12H,1H3. The Morgan fingerprint density at radius 3 is 2.75 bits per heavy atom. The molecule has 1 aromatic rings. The monoisotopic (exact) mass is 185 g/mol. The average molecular weight is 185 g/mol. The van der Waals surface area contributed by atoms with Crippen LogP contribution < -0.4 is 4.74 Å². The fourth-order valence-electron chi connectivity index (χ4n) is 0.823. The van der Waals surface area contributed by atoms with Crippen molar-refractivity contribution < 1.29 is 9.66 Å². The van der Waals surface area contributed by atoms with Crippen molar-refractivity contribution in [3.63, 3.8) is 0 Å². The Kier molecular flexibility index (Phi) is 2.54. The van der Waals surface area contributed by atoms with Crippen LogP contribution in [0.15, 0.2) is 23.1 Å². The zero-order valence-corrected chi connectivity index (χ0v) is 7.25. The summed E-state index contributed by atoms with van der Waals surface area (Å²) in [5.41, 5.74) is -0.0438. The maximum absolute atomic E-state index is 10.4. The molecule has 0 amide bonds. The molecule has 0 aliphatic rings. The first-order valence-electron chi connectivity index (χ1n) is 3.17. The number of ether oxygens (including phenoxy) is 1. The van der Waals surface area contributed by atoms with E-state index in [4.69, 9.17) is 4.74 Å². The third-order valence-electron chi connectivity index (χ3n) is 1.39. The first-order valence-corrected chi connectivity index (χ1v) is 3.62. The quantitative estimate of drug-likeness (QED) is 0.435. The lowest BCUT2D eigenvalue weighted by molar-refractivity contribution is -0.387. The maximum Gasteiger partial charge on any atom is 0.286 e. The molecule has 5 heteroatoms. The number of hydrogen-bond donors (Lipinski definition) is 1. The molecule has 1 aromatic carbocycles. The predicted octanol–water partition coefficient (Wildman–Crippen LogP) is 1.89. The van der Waals surface area contributed by atoms with E-state index in [0.29, 0.717) is 5.75 Å². The number of thiol groups is 1. The van der Waals surface area contributed by atoms with Gasteiger partial charge in [-0.1, -0.05) is 6.07 Å². The van der Waals surface area contributed by atoms with Crippen LogP contribution in [0.2, 0.25) is 0 Å². The van der Waals surface area contributed by atoms with Crippen molar-refractivity contribution in [2.24, 2.45) is 0 Å². The molecule has 1 rings (SSSR count). The van der Waals surface area contributed by atoms with Crippen molar-refractivity contribution in [1.29, 1.82) is 0 Å². The van der Waals surface area contributed by atoms with Crippen LogP contribution in [0.4, 0.5) is 5.69 Å². The summed E-state index contributed by atoms with van der Waals surface area (Å²) in [4.78, 5) is 10.2. The minimum atomic E-state index is -0.495. The summed E-state index contributed by atoms with van der Waals surface area (Å²) in [7, 11) is 1.44. The highest BCUT2D eigenvalue weighted by Gasteiger charge is 2.13. The molecule has 4 nitrogen and oxygen atoms in total. The van der Waals surface area contributed by atoms with Crippen molar-refractivity contribution in [2.75, 3.05) is 7.11 Å². The summed E-state index contributed by atoms with van der Waals surface area (Å²) in [6, 6.07) is 4.55. The van der Waals surface area contributed by atoms with Gasteiger partial charge >= 0.3 is 0 Å². The molecule has 0 aromatic heterocycles. The molecule has 64 valence electrons. The zero-order chi connectivity index (χ0) is 9.14. The van der Waals surface area contributed by atoms with E-state index in [1.54, 1.807) is 12.1 Å². The highest BCUT2D eigenvalue weighted by molar-refractivity contribution is 7.80. The fourth-order valence-corrected chi connectivity index (χ4v) is 1.14. The van der Waals surface area contributed by atoms with Crippen molar-refractivity contribution in [3.8, 4) is 5.75 Å². The van der Waals surface area contributed by atoms with Gasteiger partial charge in [-0.25, -0.2) is 0 Å². The number of benzene rings is 1. The van der Waals surface area contributed by atoms with Crippen LogP contribution in [-0.2, 0) is 0 Å². The van der Waals surface area contributed by atoms with Crippen LogP contribution in [0.1, 0.15) is 0 Å². The second-order valence-electron chi connectivity index (χ2n) is 2.09. The van der Waals surface area contributed by atoms with Gasteiger partial charge in [0.15, 0.2) is 0 Å². The Morgan fingerprint density at radius 1 is 1.58 bits per heavy atom. The molecule has 0 aliphatic carbocycles. The van der Waals surface area contributed by atoms with Gasteiger partial charge in [-0.15, -0.1) is 12.6 Å². The smallest absolute Gasteiger partial charge is 0.286 e. The van der Waals surface area contributed by atoms with Crippen molar-refractivity contribution in [2.45, 2.75) is 4.90 Å². The van der Waals surface area contributed by atoms with E-state index in [0.717, 1.165) is 0 Å². The summed E-state index contributed by atoms with van der Waals surface area (Å²) < 4.78 is 4.85. The first-order chi connectivity index (χ1) is 5.66. The van der Waals surface area contributed by atoms with E-state index in [1.807, 2.05) is 0 Å². The lowest BCUT2D eigenvalue weighted by atomic mass is 10.3. The van der Waals surface area contributed by atoms with E-state index in [9.17, 15) is 10.1 Å². The van der Waals surface area contributed by atoms with Crippen LogP contribution in [0, 0.1) is 10.1 Å². The summed E-state index contributed by atoms with van der Waals surface area (Å²) in [6.07, 6.45) is 0. The minimum Gasteiger partial charge on any atom is -0.495 e. The van der Waals surface area contributed by atoms with E-state index in [1.165, 1.54) is 13.2 Å². The van der Waals surface area contributed by atoms with Gasteiger partial charge < -0.3 is 4.74 Å². The molecule has 0 unspecified atom stereocenters. The zero-order valence-electron chi connectivity index (χ0n) is 6.35. The molecular formula is C7H7NO3S. The summed E-state index contributed by atoms with van der Waals surface area (Å²) in [5, 5.41) is 10.4. The highest BCUT2D eigenvalue weighted by Crippen LogP contribution is 2.30. The van der Waals surface area contributed by atoms with E-state index in [-0.39, 0.29) is 10.6 Å². The largest absolute Gasteiger partial charge is 0.495 e. The van der Waals surface area contributed by atoms with Crippen LogP contribution >= 0.6 is 12.6 Å². The highest BCUT2D eigenvalue weighted by atomic mass is 32.1. The third-order valence-corrected chi connectivity index (χ3v) is 1.84. The van der Waals surface area contributed by atoms with Gasteiger partial charge in [-0.3, -0.25) is 10.1 Å². The normalized spacial score (nSPS) is 9.50. The second kappa shape index (κ2) is 3.44. The topological polar surface area (TPSA) is 52.4 Å². The van der Waals surface area contributed by atoms with Crippen molar-refractivity contribution in [1.82, 2.24) is 0 Å². The molecule has 0 spiro atoms. The molecular weight excluding hydrogens is 178 g/mol. The number of nitrogens with zero attached hydrogens (tertiary/aromatic N) is 1. The van der Waals surface area contributed by atoms with Gasteiger partial charge in [-0.2, -0.15) is 0 Å². The van der Waals surface area contributed by atoms with Gasteiger partial charge in [0, 0.05) is 6.07 Å². The van der Waals surface area contributed by atoms with E-state index >= 15 is 0 Å².